The summed E-state index contributed by atoms with van der Waals surface area (Å²) in [5, 5.41) is 5.43. The molecular weight excluding hydrogens is 252 g/mol. The van der Waals surface area contributed by atoms with Crippen LogP contribution in [0.3, 0.4) is 0 Å². The van der Waals surface area contributed by atoms with Crippen LogP contribution in [0, 0.1) is 0 Å². The molecule has 1 amide bonds. The Bertz CT molecular complexity index is 474. The van der Waals surface area contributed by atoms with E-state index in [4.69, 9.17) is 12.2 Å². The summed E-state index contributed by atoms with van der Waals surface area (Å²) >= 11 is 4.97. The molecule has 0 aliphatic rings. The minimum Gasteiger partial charge on any atom is -0.465 e. The number of anilines is 1. The third-order valence-corrected chi connectivity index (χ3v) is 2.36. The Morgan fingerprint density at radius 1 is 1.33 bits per heavy atom. The van der Waals surface area contributed by atoms with E-state index in [9.17, 15) is 9.59 Å². The zero-order valence-electron chi connectivity index (χ0n) is 10.1. The van der Waals surface area contributed by atoms with Crippen molar-refractivity contribution in [1.29, 1.82) is 0 Å². The van der Waals surface area contributed by atoms with Crippen molar-refractivity contribution in [2.24, 2.45) is 0 Å². The SMILES string of the molecule is CCC(=O)NC(=S)Nc1ccccc1C(=O)OC. The van der Waals surface area contributed by atoms with Crippen LogP contribution in [-0.2, 0) is 9.53 Å². The molecule has 2 N–H and O–H groups in total. The molecular formula is C12H14N2O3S. The topological polar surface area (TPSA) is 67.4 Å². The molecule has 96 valence electrons. The summed E-state index contributed by atoms with van der Waals surface area (Å²) in [5.41, 5.74) is 0.846. The van der Waals surface area contributed by atoms with E-state index >= 15 is 0 Å². The van der Waals surface area contributed by atoms with Gasteiger partial charge in [0.15, 0.2) is 5.11 Å². The van der Waals surface area contributed by atoms with Crippen molar-refractivity contribution in [1.82, 2.24) is 5.32 Å². The molecule has 0 unspecified atom stereocenters. The van der Waals surface area contributed by atoms with Gasteiger partial charge in [0.2, 0.25) is 5.91 Å². The molecule has 0 saturated heterocycles. The van der Waals surface area contributed by atoms with Gasteiger partial charge in [-0.1, -0.05) is 19.1 Å². The van der Waals surface area contributed by atoms with E-state index in [2.05, 4.69) is 15.4 Å². The molecule has 0 aromatic heterocycles. The van der Waals surface area contributed by atoms with Crippen LogP contribution in [-0.4, -0.2) is 24.1 Å². The van der Waals surface area contributed by atoms with E-state index < -0.39 is 5.97 Å². The molecule has 6 heteroatoms. The van der Waals surface area contributed by atoms with E-state index in [-0.39, 0.29) is 11.0 Å². The van der Waals surface area contributed by atoms with Gasteiger partial charge in [0.1, 0.15) is 0 Å². The minimum atomic E-state index is -0.470. The quantitative estimate of drug-likeness (QED) is 0.644. The maximum Gasteiger partial charge on any atom is 0.339 e. The lowest BCUT2D eigenvalue weighted by Gasteiger charge is -2.11. The average Bonchev–Trinajstić information content (AvgIpc) is 2.38. The van der Waals surface area contributed by atoms with Gasteiger partial charge in [-0.05, 0) is 24.4 Å². The predicted octanol–water partition coefficient (Wildman–Crippen LogP) is 1.70. The van der Waals surface area contributed by atoms with Crippen molar-refractivity contribution in [3.8, 4) is 0 Å². The Hall–Kier alpha value is -1.95. The van der Waals surface area contributed by atoms with Crippen molar-refractivity contribution < 1.29 is 14.3 Å². The zero-order chi connectivity index (χ0) is 13.5. The molecule has 18 heavy (non-hydrogen) atoms. The maximum absolute atomic E-state index is 11.5. The lowest BCUT2D eigenvalue weighted by molar-refractivity contribution is -0.119. The summed E-state index contributed by atoms with van der Waals surface area (Å²) in [7, 11) is 1.30. The average molecular weight is 266 g/mol. The van der Waals surface area contributed by atoms with Crippen molar-refractivity contribution in [3.05, 3.63) is 29.8 Å². The maximum atomic E-state index is 11.5. The lowest BCUT2D eigenvalue weighted by atomic mass is 10.2. The molecule has 0 bridgehead atoms. The molecule has 0 spiro atoms. The number of hydrogen-bond donors (Lipinski definition) is 2. The number of benzene rings is 1. The number of methoxy groups -OCH3 is 1. The summed E-state index contributed by atoms with van der Waals surface area (Å²) in [5.74, 6) is -0.661. The second-order valence-electron chi connectivity index (χ2n) is 3.39. The lowest BCUT2D eigenvalue weighted by Crippen LogP contribution is -2.33. The van der Waals surface area contributed by atoms with E-state index in [1.54, 1.807) is 31.2 Å². The standard InChI is InChI=1S/C12H14N2O3S/c1-3-10(15)14-12(18)13-9-7-5-4-6-8(9)11(16)17-2/h4-7H,3H2,1-2H3,(H2,13,14,15,18). The van der Waals surface area contributed by atoms with Crippen LogP contribution < -0.4 is 10.6 Å². The number of rotatable bonds is 3. The van der Waals surface area contributed by atoms with Gasteiger partial charge in [-0.15, -0.1) is 0 Å². The number of thiocarbonyl (C=S) groups is 1. The fourth-order valence-corrected chi connectivity index (χ4v) is 1.47. The molecule has 0 atom stereocenters. The van der Waals surface area contributed by atoms with Gasteiger partial charge in [0.05, 0.1) is 18.4 Å². The number of hydrogen-bond acceptors (Lipinski definition) is 4. The van der Waals surface area contributed by atoms with E-state index in [0.717, 1.165) is 0 Å². The van der Waals surface area contributed by atoms with Crippen molar-refractivity contribution in [2.75, 3.05) is 12.4 Å². The Kier molecular flexibility index (Phi) is 5.26. The summed E-state index contributed by atoms with van der Waals surface area (Å²) in [6.45, 7) is 1.72. The van der Waals surface area contributed by atoms with Gasteiger partial charge in [-0.25, -0.2) is 4.79 Å². The number of carbonyl (C=O) groups excluding carboxylic acids is 2. The molecule has 0 aliphatic heterocycles. The third-order valence-electron chi connectivity index (χ3n) is 2.15. The monoisotopic (exact) mass is 266 g/mol. The number of ether oxygens (including phenoxy) is 1. The van der Waals surface area contributed by atoms with Gasteiger partial charge in [0, 0.05) is 6.42 Å². The molecule has 5 nitrogen and oxygen atoms in total. The van der Waals surface area contributed by atoms with Crippen molar-refractivity contribution in [2.45, 2.75) is 13.3 Å². The highest BCUT2D eigenvalue weighted by Gasteiger charge is 2.12. The fraction of sp³-hybridized carbons (Fsp3) is 0.250. The Morgan fingerprint density at radius 3 is 2.61 bits per heavy atom. The van der Waals surface area contributed by atoms with Gasteiger partial charge in [-0.2, -0.15) is 0 Å². The molecule has 0 aliphatic carbocycles. The fourth-order valence-electron chi connectivity index (χ4n) is 1.25. The van der Waals surface area contributed by atoms with Crippen molar-refractivity contribution >= 4 is 34.9 Å². The summed E-state index contributed by atoms with van der Waals surface area (Å²) in [4.78, 5) is 22.7. The molecule has 0 saturated carbocycles. The number of carbonyl (C=O) groups is 2. The number of nitrogens with one attached hydrogen (secondary N) is 2. The largest absolute Gasteiger partial charge is 0.465 e. The van der Waals surface area contributed by atoms with Crippen LogP contribution in [0.25, 0.3) is 0 Å². The number of para-hydroxylation sites is 1. The first-order valence-corrected chi connectivity index (χ1v) is 5.77. The van der Waals surface area contributed by atoms with Gasteiger partial charge in [0.25, 0.3) is 0 Å². The Balaban J connectivity index is 2.81. The van der Waals surface area contributed by atoms with E-state index in [0.29, 0.717) is 17.7 Å². The summed E-state index contributed by atoms with van der Waals surface area (Å²) in [6, 6.07) is 6.75. The van der Waals surface area contributed by atoms with Gasteiger partial charge in [-0.3, -0.25) is 4.79 Å². The predicted molar refractivity (Wildman–Crippen MR) is 72.4 cm³/mol. The normalized spacial score (nSPS) is 9.44. The highest BCUT2D eigenvalue weighted by atomic mass is 32.1. The van der Waals surface area contributed by atoms with Crippen LogP contribution in [0.5, 0.6) is 0 Å². The molecule has 0 fully saturated rings. The highest BCUT2D eigenvalue weighted by molar-refractivity contribution is 7.80. The Morgan fingerprint density at radius 2 is 2.00 bits per heavy atom. The highest BCUT2D eigenvalue weighted by Crippen LogP contribution is 2.15. The minimum absolute atomic E-state index is 0.151. The van der Waals surface area contributed by atoms with E-state index in [1.165, 1.54) is 7.11 Å². The first-order valence-electron chi connectivity index (χ1n) is 5.36. The zero-order valence-corrected chi connectivity index (χ0v) is 11.0. The smallest absolute Gasteiger partial charge is 0.339 e. The van der Waals surface area contributed by atoms with Gasteiger partial charge < -0.3 is 15.4 Å². The third kappa shape index (κ3) is 3.81. The molecule has 1 rings (SSSR count). The Labute approximate surface area is 111 Å². The van der Waals surface area contributed by atoms with Crippen LogP contribution >= 0.6 is 12.2 Å². The van der Waals surface area contributed by atoms with Crippen LogP contribution in [0.4, 0.5) is 5.69 Å². The molecule has 1 aromatic carbocycles. The second kappa shape index (κ2) is 6.70. The first-order chi connectivity index (χ1) is 8.58. The van der Waals surface area contributed by atoms with Gasteiger partial charge >= 0.3 is 5.97 Å². The van der Waals surface area contributed by atoms with Crippen LogP contribution in [0.15, 0.2) is 24.3 Å². The molecule has 0 heterocycles. The second-order valence-corrected chi connectivity index (χ2v) is 3.80. The first kappa shape index (κ1) is 14.1. The summed E-state index contributed by atoms with van der Waals surface area (Å²) < 4.78 is 4.65. The van der Waals surface area contributed by atoms with Crippen LogP contribution in [0.1, 0.15) is 23.7 Å². The number of esters is 1. The number of amides is 1. The van der Waals surface area contributed by atoms with E-state index in [1.807, 2.05) is 0 Å². The van der Waals surface area contributed by atoms with Crippen LogP contribution in [0.2, 0.25) is 0 Å². The molecule has 0 radical (unpaired) electrons. The molecule has 1 aromatic rings. The summed E-state index contributed by atoms with van der Waals surface area (Å²) in [6.07, 6.45) is 0.334. The van der Waals surface area contributed by atoms with Crippen molar-refractivity contribution in [3.63, 3.8) is 0 Å².